The second-order valence-corrected chi connectivity index (χ2v) is 5.88. The molecule has 3 rings (SSSR count). The highest BCUT2D eigenvalue weighted by Gasteiger charge is 2.15. The molecule has 0 bridgehead atoms. The topological polar surface area (TPSA) is 60.6 Å². The maximum Gasteiger partial charge on any atom is 0.241 e. The summed E-state index contributed by atoms with van der Waals surface area (Å²) in [7, 11) is 5.07. The predicted octanol–water partition coefficient (Wildman–Crippen LogP) is 3.52. The molecule has 0 fully saturated rings. The van der Waals surface area contributed by atoms with E-state index in [0.29, 0.717) is 36.3 Å². The molecule has 7 heteroatoms. The molecule has 2 aromatic carbocycles. The molecule has 0 unspecified atom stereocenters. The van der Waals surface area contributed by atoms with Crippen molar-refractivity contribution >= 4 is 0 Å². The van der Waals surface area contributed by atoms with Gasteiger partial charge in [-0.15, -0.1) is 0 Å². The Morgan fingerprint density at radius 3 is 2.65 bits per heavy atom. The third kappa shape index (κ3) is 4.18. The van der Waals surface area contributed by atoms with Crippen LogP contribution in [0, 0.1) is 5.82 Å². The van der Waals surface area contributed by atoms with Crippen molar-refractivity contribution in [3.05, 3.63) is 59.7 Å². The fraction of sp³-hybridized carbons (Fsp3) is 0.263. The molecule has 0 amide bonds. The number of nitrogens with zero attached hydrogens (tertiary/aromatic N) is 3. The number of aromatic nitrogens is 2. The van der Waals surface area contributed by atoms with Gasteiger partial charge in [-0.2, -0.15) is 4.98 Å². The molecule has 0 saturated heterocycles. The maximum absolute atomic E-state index is 13.3. The van der Waals surface area contributed by atoms with E-state index in [1.807, 2.05) is 30.1 Å². The molecule has 0 aliphatic rings. The van der Waals surface area contributed by atoms with Crippen molar-refractivity contribution in [2.75, 3.05) is 21.3 Å². The molecule has 0 atom stereocenters. The predicted molar refractivity (Wildman–Crippen MR) is 94.4 cm³/mol. The van der Waals surface area contributed by atoms with E-state index in [1.165, 1.54) is 12.1 Å². The zero-order chi connectivity index (χ0) is 18.5. The first-order valence-corrected chi connectivity index (χ1v) is 8.07. The normalized spacial score (nSPS) is 11.0. The van der Waals surface area contributed by atoms with Crippen LogP contribution in [-0.4, -0.2) is 36.3 Å². The van der Waals surface area contributed by atoms with Gasteiger partial charge < -0.3 is 14.0 Å². The number of benzene rings is 2. The van der Waals surface area contributed by atoms with E-state index in [9.17, 15) is 4.39 Å². The van der Waals surface area contributed by atoms with Crippen molar-refractivity contribution in [2.45, 2.75) is 13.1 Å². The first-order valence-electron chi connectivity index (χ1n) is 8.07. The lowest BCUT2D eigenvalue weighted by Crippen LogP contribution is -2.17. The summed E-state index contributed by atoms with van der Waals surface area (Å²) >= 11 is 0. The minimum Gasteiger partial charge on any atom is -0.497 e. The molecule has 136 valence electrons. The van der Waals surface area contributed by atoms with Crippen LogP contribution in [-0.2, 0) is 13.1 Å². The first kappa shape index (κ1) is 17.9. The molecule has 0 spiro atoms. The van der Waals surface area contributed by atoms with Crippen molar-refractivity contribution in [3.8, 4) is 22.9 Å². The summed E-state index contributed by atoms with van der Waals surface area (Å²) in [4.78, 5) is 6.40. The van der Waals surface area contributed by atoms with Gasteiger partial charge in [0, 0.05) is 12.6 Å². The van der Waals surface area contributed by atoms with Crippen LogP contribution in [0.15, 0.2) is 47.0 Å². The Balaban J connectivity index is 1.72. The number of hydrogen-bond donors (Lipinski definition) is 0. The van der Waals surface area contributed by atoms with Gasteiger partial charge in [-0.3, -0.25) is 4.90 Å². The van der Waals surface area contributed by atoms with Crippen LogP contribution in [0.3, 0.4) is 0 Å². The summed E-state index contributed by atoms with van der Waals surface area (Å²) in [6.07, 6.45) is 0. The molecule has 6 nitrogen and oxygen atoms in total. The number of hydrogen-bond acceptors (Lipinski definition) is 6. The molecule has 0 aliphatic carbocycles. The largest absolute Gasteiger partial charge is 0.497 e. The highest BCUT2D eigenvalue weighted by Crippen LogP contribution is 2.31. The average molecular weight is 357 g/mol. The Bertz CT molecular complexity index is 882. The van der Waals surface area contributed by atoms with Crippen molar-refractivity contribution in [1.82, 2.24) is 15.0 Å². The molecule has 1 heterocycles. The summed E-state index contributed by atoms with van der Waals surface area (Å²) in [5.41, 5.74) is 1.60. The quantitative estimate of drug-likeness (QED) is 0.645. The number of ether oxygens (including phenoxy) is 2. The third-order valence-corrected chi connectivity index (χ3v) is 3.86. The number of methoxy groups -OCH3 is 2. The highest BCUT2D eigenvalue weighted by molar-refractivity contribution is 5.65. The van der Waals surface area contributed by atoms with Crippen LogP contribution in [0.5, 0.6) is 11.5 Å². The Labute approximate surface area is 151 Å². The lowest BCUT2D eigenvalue weighted by atomic mass is 10.2. The van der Waals surface area contributed by atoms with Crippen LogP contribution in [0.1, 0.15) is 11.5 Å². The summed E-state index contributed by atoms with van der Waals surface area (Å²) in [5.74, 6) is 1.95. The van der Waals surface area contributed by atoms with Gasteiger partial charge in [-0.05, 0) is 36.9 Å². The van der Waals surface area contributed by atoms with Crippen LogP contribution in [0.25, 0.3) is 11.4 Å². The minimum atomic E-state index is -0.248. The lowest BCUT2D eigenvalue weighted by molar-refractivity contribution is 0.260. The van der Waals surface area contributed by atoms with Crippen molar-refractivity contribution in [1.29, 1.82) is 0 Å². The second kappa shape index (κ2) is 7.97. The Hall–Kier alpha value is -2.93. The van der Waals surface area contributed by atoms with E-state index in [0.717, 1.165) is 11.1 Å². The molecular formula is C19H20FN3O3. The van der Waals surface area contributed by atoms with Crippen molar-refractivity contribution in [2.24, 2.45) is 0 Å². The SMILES string of the molecule is COc1ccc(-c2noc(CN(C)Cc3cccc(F)c3)n2)c(OC)c1. The fourth-order valence-corrected chi connectivity index (χ4v) is 2.65. The highest BCUT2D eigenvalue weighted by atomic mass is 19.1. The van der Waals surface area contributed by atoms with Gasteiger partial charge in [-0.1, -0.05) is 17.3 Å². The summed E-state index contributed by atoms with van der Waals surface area (Å²) in [6, 6.07) is 11.9. The van der Waals surface area contributed by atoms with Crippen LogP contribution >= 0.6 is 0 Å². The summed E-state index contributed by atoms with van der Waals surface area (Å²) < 4.78 is 29.2. The molecule has 3 aromatic rings. The van der Waals surface area contributed by atoms with Gasteiger partial charge in [0.25, 0.3) is 0 Å². The average Bonchev–Trinajstić information content (AvgIpc) is 3.09. The third-order valence-electron chi connectivity index (χ3n) is 3.86. The van der Waals surface area contributed by atoms with Gasteiger partial charge in [-0.25, -0.2) is 4.39 Å². The molecule has 26 heavy (non-hydrogen) atoms. The van der Waals surface area contributed by atoms with Crippen LogP contribution in [0.2, 0.25) is 0 Å². The molecule has 0 saturated carbocycles. The Morgan fingerprint density at radius 1 is 1.08 bits per heavy atom. The van der Waals surface area contributed by atoms with E-state index in [2.05, 4.69) is 10.1 Å². The van der Waals surface area contributed by atoms with E-state index < -0.39 is 0 Å². The molecule has 0 aliphatic heterocycles. The maximum atomic E-state index is 13.3. The lowest BCUT2D eigenvalue weighted by Gasteiger charge is -2.14. The van der Waals surface area contributed by atoms with E-state index in [1.54, 1.807) is 26.4 Å². The van der Waals surface area contributed by atoms with Gasteiger partial charge in [0.1, 0.15) is 17.3 Å². The Morgan fingerprint density at radius 2 is 1.92 bits per heavy atom. The molecule has 0 radical (unpaired) electrons. The van der Waals surface area contributed by atoms with E-state index >= 15 is 0 Å². The van der Waals surface area contributed by atoms with Crippen molar-refractivity contribution in [3.63, 3.8) is 0 Å². The zero-order valence-electron chi connectivity index (χ0n) is 14.9. The standard InChI is InChI=1S/C19H20FN3O3/c1-23(11-13-5-4-6-14(20)9-13)12-18-21-19(22-26-18)16-8-7-15(24-2)10-17(16)25-3/h4-10H,11-12H2,1-3H3. The summed E-state index contributed by atoms with van der Waals surface area (Å²) in [6.45, 7) is 1.02. The van der Waals surface area contributed by atoms with Gasteiger partial charge in [0.2, 0.25) is 11.7 Å². The number of halogens is 1. The van der Waals surface area contributed by atoms with Gasteiger partial charge in [0.15, 0.2) is 0 Å². The van der Waals surface area contributed by atoms with Crippen LogP contribution < -0.4 is 9.47 Å². The second-order valence-electron chi connectivity index (χ2n) is 5.88. The van der Waals surface area contributed by atoms with Crippen LogP contribution in [0.4, 0.5) is 4.39 Å². The van der Waals surface area contributed by atoms with E-state index in [-0.39, 0.29) is 5.82 Å². The summed E-state index contributed by atoms with van der Waals surface area (Å²) in [5, 5.41) is 4.03. The molecule has 1 aromatic heterocycles. The Kier molecular flexibility index (Phi) is 5.48. The minimum absolute atomic E-state index is 0.248. The zero-order valence-corrected chi connectivity index (χ0v) is 14.9. The van der Waals surface area contributed by atoms with E-state index in [4.69, 9.17) is 14.0 Å². The smallest absolute Gasteiger partial charge is 0.241 e. The first-order chi connectivity index (χ1) is 12.6. The fourth-order valence-electron chi connectivity index (χ4n) is 2.65. The molecule has 0 N–H and O–H groups in total. The van der Waals surface area contributed by atoms with Gasteiger partial charge in [0.05, 0.1) is 26.3 Å². The van der Waals surface area contributed by atoms with Gasteiger partial charge >= 0.3 is 0 Å². The number of rotatable bonds is 7. The van der Waals surface area contributed by atoms with Crippen molar-refractivity contribution < 1.29 is 18.4 Å². The molecular weight excluding hydrogens is 337 g/mol. The monoisotopic (exact) mass is 357 g/mol.